The Labute approximate surface area is 137 Å². The SMILES string of the molecule is Cc1noc(C)c1-c1cccc(-c2c[nH]c3nc(Cl)ncc23)c1. The van der Waals surface area contributed by atoms with Crippen molar-refractivity contribution < 1.29 is 4.52 Å². The maximum atomic E-state index is 5.84. The number of rotatable bonds is 2. The average molecular weight is 325 g/mol. The van der Waals surface area contributed by atoms with E-state index < -0.39 is 0 Å². The van der Waals surface area contributed by atoms with Gasteiger partial charge in [-0.1, -0.05) is 23.4 Å². The van der Waals surface area contributed by atoms with E-state index in [1.165, 1.54) is 0 Å². The molecular formula is C17H13ClN4O. The molecule has 0 bridgehead atoms. The molecule has 0 saturated heterocycles. The summed E-state index contributed by atoms with van der Waals surface area (Å²) >= 11 is 5.84. The number of H-pyrrole nitrogens is 1. The molecule has 4 rings (SSSR count). The summed E-state index contributed by atoms with van der Waals surface area (Å²) in [5.74, 6) is 0.814. The molecule has 0 aliphatic rings. The van der Waals surface area contributed by atoms with Crippen molar-refractivity contribution in [3.63, 3.8) is 0 Å². The predicted octanol–water partition coefficient (Wildman–Crippen LogP) is 4.55. The molecule has 0 fully saturated rings. The van der Waals surface area contributed by atoms with Crippen molar-refractivity contribution in [3.8, 4) is 22.3 Å². The van der Waals surface area contributed by atoms with Gasteiger partial charge >= 0.3 is 0 Å². The van der Waals surface area contributed by atoms with E-state index in [-0.39, 0.29) is 5.28 Å². The summed E-state index contributed by atoms with van der Waals surface area (Å²) in [6.07, 6.45) is 3.65. The van der Waals surface area contributed by atoms with Crippen LogP contribution in [0.15, 0.2) is 41.2 Å². The van der Waals surface area contributed by atoms with Crippen LogP contribution in [-0.2, 0) is 0 Å². The Balaban J connectivity index is 1.88. The highest BCUT2D eigenvalue weighted by Gasteiger charge is 2.14. The van der Waals surface area contributed by atoms with Gasteiger partial charge in [-0.3, -0.25) is 0 Å². The lowest BCUT2D eigenvalue weighted by Crippen LogP contribution is -1.85. The van der Waals surface area contributed by atoms with Crippen LogP contribution < -0.4 is 0 Å². The lowest BCUT2D eigenvalue weighted by Gasteiger charge is -2.04. The Hall–Kier alpha value is -2.66. The van der Waals surface area contributed by atoms with Crippen molar-refractivity contribution in [1.29, 1.82) is 0 Å². The molecule has 3 aromatic heterocycles. The van der Waals surface area contributed by atoms with E-state index in [2.05, 4.69) is 38.3 Å². The van der Waals surface area contributed by atoms with Gasteiger partial charge in [-0.25, -0.2) is 4.98 Å². The third-order valence-electron chi connectivity index (χ3n) is 3.90. The zero-order valence-electron chi connectivity index (χ0n) is 12.6. The van der Waals surface area contributed by atoms with Crippen LogP contribution >= 0.6 is 11.6 Å². The first-order valence-corrected chi connectivity index (χ1v) is 7.54. The second kappa shape index (κ2) is 5.21. The molecule has 1 aromatic carbocycles. The molecule has 3 heterocycles. The second-order valence-corrected chi connectivity index (χ2v) is 5.72. The van der Waals surface area contributed by atoms with Crippen LogP contribution in [0.5, 0.6) is 0 Å². The van der Waals surface area contributed by atoms with E-state index in [1.54, 1.807) is 6.20 Å². The van der Waals surface area contributed by atoms with Gasteiger partial charge in [0, 0.05) is 28.9 Å². The summed E-state index contributed by atoms with van der Waals surface area (Å²) in [6, 6.07) is 8.24. The molecule has 1 N–H and O–H groups in total. The lowest BCUT2D eigenvalue weighted by atomic mass is 9.98. The van der Waals surface area contributed by atoms with Crippen LogP contribution in [0, 0.1) is 13.8 Å². The summed E-state index contributed by atoms with van der Waals surface area (Å²) in [7, 11) is 0. The number of aryl methyl sites for hydroxylation is 2. The molecule has 23 heavy (non-hydrogen) atoms. The number of benzene rings is 1. The maximum Gasteiger partial charge on any atom is 0.224 e. The first-order chi connectivity index (χ1) is 11.1. The minimum absolute atomic E-state index is 0.232. The molecule has 0 spiro atoms. The van der Waals surface area contributed by atoms with Gasteiger partial charge in [0.2, 0.25) is 5.28 Å². The lowest BCUT2D eigenvalue weighted by molar-refractivity contribution is 0.393. The Morgan fingerprint density at radius 2 is 2.00 bits per heavy atom. The van der Waals surface area contributed by atoms with Crippen molar-refractivity contribution in [2.24, 2.45) is 0 Å². The molecule has 114 valence electrons. The number of aromatic amines is 1. The summed E-state index contributed by atoms with van der Waals surface area (Å²) in [5.41, 5.74) is 5.82. The van der Waals surface area contributed by atoms with E-state index in [9.17, 15) is 0 Å². The molecule has 0 saturated carbocycles. The van der Waals surface area contributed by atoms with Crippen LogP contribution in [0.2, 0.25) is 5.28 Å². The van der Waals surface area contributed by atoms with Crippen molar-refractivity contribution >= 4 is 22.6 Å². The van der Waals surface area contributed by atoms with Gasteiger partial charge in [0.1, 0.15) is 11.4 Å². The number of halogens is 1. The van der Waals surface area contributed by atoms with Crippen LogP contribution in [0.3, 0.4) is 0 Å². The predicted molar refractivity (Wildman–Crippen MR) is 89.3 cm³/mol. The van der Waals surface area contributed by atoms with E-state index >= 15 is 0 Å². The molecule has 0 radical (unpaired) electrons. The number of hydrogen-bond acceptors (Lipinski definition) is 4. The molecule has 6 heteroatoms. The minimum atomic E-state index is 0.232. The highest BCUT2D eigenvalue weighted by atomic mass is 35.5. The van der Waals surface area contributed by atoms with E-state index in [4.69, 9.17) is 16.1 Å². The maximum absolute atomic E-state index is 5.84. The number of hydrogen-bond donors (Lipinski definition) is 1. The molecule has 0 amide bonds. The molecular weight excluding hydrogens is 312 g/mol. The normalized spacial score (nSPS) is 11.3. The topological polar surface area (TPSA) is 67.6 Å². The van der Waals surface area contributed by atoms with Gasteiger partial charge in [-0.05, 0) is 42.6 Å². The Bertz CT molecular complexity index is 999. The van der Waals surface area contributed by atoms with Gasteiger partial charge in [0.05, 0.1) is 5.69 Å². The number of nitrogens with zero attached hydrogens (tertiary/aromatic N) is 3. The molecule has 5 nitrogen and oxygen atoms in total. The van der Waals surface area contributed by atoms with Gasteiger partial charge < -0.3 is 9.51 Å². The van der Waals surface area contributed by atoms with E-state index in [0.717, 1.165) is 44.7 Å². The molecule has 0 aliphatic heterocycles. The summed E-state index contributed by atoms with van der Waals surface area (Å²) in [4.78, 5) is 11.4. The highest BCUT2D eigenvalue weighted by molar-refractivity contribution is 6.28. The van der Waals surface area contributed by atoms with Gasteiger partial charge in [-0.2, -0.15) is 4.98 Å². The van der Waals surface area contributed by atoms with E-state index in [0.29, 0.717) is 0 Å². The molecule has 0 atom stereocenters. The first-order valence-electron chi connectivity index (χ1n) is 7.17. The third kappa shape index (κ3) is 2.29. The molecule has 0 unspecified atom stereocenters. The zero-order chi connectivity index (χ0) is 16.0. The Morgan fingerprint density at radius 3 is 2.78 bits per heavy atom. The summed E-state index contributed by atoms with van der Waals surface area (Å²) in [5, 5.41) is 5.20. The molecule has 0 aliphatic carbocycles. The zero-order valence-corrected chi connectivity index (χ0v) is 13.3. The fraction of sp³-hybridized carbons (Fsp3) is 0.118. The minimum Gasteiger partial charge on any atom is -0.361 e. The van der Waals surface area contributed by atoms with Gasteiger partial charge in [0.25, 0.3) is 0 Å². The fourth-order valence-corrected chi connectivity index (χ4v) is 3.00. The van der Waals surface area contributed by atoms with E-state index in [1.807, 2.05) is 26.1 Å². The Kier molecular flexibility index (Phi) is 3.16. The second-order valence-electron chi connectivity index (χ2n) is 5.38. The average Bonchev–Trinajstić information content (AvgIpc) is 3.10. The van der Waals surface area contributed by atoms with Crippen LogP contribution in [0.4, 0.5) is 0 Å². The molecule has 4 aromatic rings. The highest BCUT2D eigenvalue weighted by Crippen LogP contribution is 2.33. The Morgan fingerprint density at radius 1 is 1.17 bits per heavy atom. The van der Waals surface area contributed by atoms with Crippen LogP contribution in [0.1, 0.15) is 11.5 Å². The number of fused-ring (bicyclic) bond motifs is 1. The largest absolute Gasteiger partial charge is 0.361 e. The van der Waals surface area contributed by atoms with Crippen molar-refractivity contribution in [2.75, 3.05) is 0 Å². The first kappa shape index (κ1) is 14.0. The summed E-state index contributed by atoms with van der Waals surface area (Å²) < 4.78 is 5.27. The van der Waals surface area contributed by atoms with Crippen molar-refractivity contribution in [2.45, 2.75) is 13.8 Å². The van der Waals surface area contributed by atoms with Crippen molar-refractivity contribution in [1.82, 2.24) is 20.1 Å². The van der Waals surface area contributed by atoms with Gasteiger partial charge in [-0.15, -0.1) is 0 Å². The van der Waals surface area contributed by atoms with Crippen molar-refractivity contribution in [3.05, 3.63) is 53.4 Å². The number of aromatic nitrogens is 4. The standard InChI is InChI=1S/C17H13ClN4O/c1-9-15(10(2)23-22-9)12-5-3-4-11(6-12)13-7-19-16-14(13)8-20-17(18)21-16/h3-8H,1-2H3,(H,19,20,21). The van der Waals surface area contributed by atoms with Gasteiger partial charge in [0.15, 0.2) is 0 Å². The van der Waals surface area contributed by atoms with Crippen LogP contribution in [-0.4, -0.2) is 20.1 Å². The summed E-state index contributed by atoms with van der Waals surface area (Å²) in [6.45, 7) is 3.86. The monoisotopic (exact) mass is 324 g/mol. The number of nitrogens with one attached hydrogen (secondary N) is 1. The fourth-order valence-electron chi connectivity index (χ4n) is 2.86. The smallest absolute Gasteiger partial charge is 0.224 e. The quantitative estimate of drug-likeness (QED) is 0.549. The third-order valence-corrected chi connectivity index (χ3v) is 4.08. The van der Waals surface area contributed by atoms with Crippen LogP contribution in [0.25, 0.3) is 33.3 Å².